The summed E-state index contributed by atoms with van der Waals surface area (Å²) in [7, 11) is -2.04. The third-order valence-electron chi connectivity index (χ3n) is 4.04. The van der Waals surface area contributed by atoms with Gasteiger partial charge in [0.1, 0.15) is 6.04 Å². The molecule has 0 radical (unpaired) electrons. The van der Waals surface area contributed by atoms with Crippen molar-refractivity contribution in [2.24, 2.45) is 0 Å². The first kappa shape index (κ1) is 16.9. The third-order valence-corrected chi connectivity index (χ3v) is 8.36. The Morgan fingerprint density at radius 2 is 1.75 bits per heavy atom. The molecule has 1 fully saturated rings. The maximum atomic E-state index is 11.2. The lowest BCUT2D eigenvalue weighted by molar-refractivity contribution is -0.157. The van der Waals surface area contributed by atoms with E-state index in [1.54, 1.807) is 5.06 Å². The molecule has 7 nitrogen and oxygen atoms in total. The molecule has 0 aliphatic carbocycles. The molecule has 0 bridgehead atoms. The molecule has 0 aromatic carbocycles. The summed E-state index contributed by atoms with van der Waals surface area (Å²) in [6.07, 6.45) is -1.20. The molecule has 1 rings (SSSR count). The van der Waals surface area contributed by atoms with Crippen molar-refractivity contribution in [3.05, 3.63) is 0 Å². The minimum absolute atomic E-state index is 0.00958. The zero-order valence-corrected chi connectivity index (χ0v) is 13.7. The number of aliphatic carboxylic acids is 1. The average Bonchev–Trinajstić information content (AvgIpc) is 2.26. The van der Waals surface area contributed by atoms with E-state index < -0.39 is 26.4 Å². The van der Waals surface area contributed by atoms with Gasteiger partial charge in [0.2, 0.25) is 8.32 Å². The zero-order chi connectivity index (χ0) is 15.7. The molecule has 1 aliphatic rings. The van der Waals surface area contributed by atoms with Crippen molar-refractivity contribution in [3.8, 4) is 0 Å². The maximum Gasteiger partial charge on any atom is 0.408 e. The third kappa shape index (κ3) is 3.71. The van der Waals surface area contributed by atoms with E-state index >= 15 is 0 Å². The van der Waals surface area contributed by atoms with Crippen LogP contribution in [0.2, 0.25) is 18.1 Å². The zero-order valence-electron chi connectivity index (χ0n) is 12.7. The van der Waals surface area contributed by atoms with E-state index in [0.29, 0.717) is 6.54 Å². The molecule has 116 valence electrons. The van der Waals surface area contributed by atoms with Gasteiger partial charge in [-0.15, -0.1) is 0 Å². The fourth-order valence-electron chi connectivity index (χ4n) is 1.74. The van der Waals surface area contributed by atoms with Crippen LogP contribution in [-0.2, 0) is 9.32 Å². The second kappa shape index (κ2) is 5.70. The summed E-state index contributed by atoms with van der Waals surface area (Å²) in [5.41, 5.74) is 0. The first-order chi connectivity index (χ1) is 8.95. The topological polar surface area (TPSA) is 90.3 Å². The van der Waals surface area contributed by atoms with Gasteiger partial charge in [0, 0.05) is 13.1 Å². The Balaban J connectivity index is 2.78. The van der Waals surface area contributed by atoms with Crippen LogP contribution in [-0.4, -0.2) is 66.2 Å². The maximum absolute atomic E-state index is 11.2. The van der Waals surface area contributed by atoms with Gasteiger partial charge in [-0.3, -0.25) is 4.90 Å². The van der Waals surface area contributed by atoms with Gasteiger partial charge in [-0.05, 0) is 18.1 Å². The number of hydrogen-bond acceptors (Lipinski definition) is 4. The molecule has 1 saturated heterocycles. The minimum Gasteiger partial charge on any atom is -0.480 e. The van der Waals surface area contributed by atoms with Crippen LogP contribution in [0.25, 0.3) is 0 Å². The minimum atomic E-state index is -2.04. The Hall–Kier alpha value is -1.12. The van der Waals surface area contributed by atoms with Gasteiger partial charge >= 0.3 is 12.1 Å². The number of nitrogens with zero attached hydrogens (tertiary/aromatic N) is 2. The molecule has 20 heavy (non-hydrogen) atoms. The van der Waals surface area contributed by atoms with Crippen molar-refractivity contribution in [2.45, 2.75) is 44.9 Å². The highest BCUT2D eigenvalue weighted by Gasteiger charge is 2.42. The monoisotopic (exact) mass is 304 g/mol. The molecule has 1 amide bonds. The number of hydrogen-bond donors (Lipinski definition) is 2. The quantitative estimate of drug-likeness (QED) is 0.771. The van der Waals surface area contributed by atoms with E-state index in [0.717, 1.165) is 4.90 Å². The Labute approximate surface area is 120 Å². The molecule has 0 aromatic heterocycles. The number of rotatable bonds is 3. The van der Waals surface area contributed by atoms with Gasteiger partial charge in [-0.1, -0.05) is 20.8 Å². The highest BCUT2D eigenvalue weighted by Crippen LogP contribution is 2.37. The molecule has 1 unspecified atom stereocenters. The largest absolute Gasteiger partial charge is 0.480 e. The standard InChI is InChI=1S/C12H24N2O5Si/c1-12(2,3)20(4,5)19-13-6-7-14(11(17)18)9(8-13)10(15)16/h9H,6-8H2,1-5H3,(H,15,16)(H,17,18). The van der Waals surface area contributed by atoms with Crippen LogP contribution in [0.15, 0.2) is 0 Å². The van der Waals surface area contributed by atoms with Crippen LogP contribution in [0.1, 0.15) is 20.8 Å². The molecule has 1 atom stereocenters. The summed E-state index contributed by atoms with van der Waals surface area (Å²) in [6, 6.07) is -1.08. The molecule has 0 aromatic rings. The van der Waals surface area contributed by atoms with Crippen molar-refractivity contribution < 1.29 is 24.3 Å². The van der Waals surface area contributed by atoms with Crippen LogP contribution in [0.4, 0.5) is 4.79 Å². The van der Waals surface area contributed by atoms with Gasteiger partial charge in [0.05, 0.1) is 6.54 Å². The van der Waals surface area contributed by atoms with E-state index in [4.69, 9.17) is 14.7 Å². The average molecular weight is 304 g/mol. The highest BCUT2D eigenvalue weighted by atomic mass is 28.4. The molecule has 0 spiro atoms. The van der Waals surface area contributed by atoms with Crippen LogP contribution in [0.5, 0.6) is 0 Å². The first-order valence-electron chi connectivity index (χ1n) is 6.62. The van der Waals surface area contributed by atoms with Gasteiger partial charge in [0.15, 0.2) is 0 Å². The van der Waals surface area contributed by atoms with Crippen molar-refractivity contribution in [2.75, 3.05) is 19.6 Å². The van der Waals surface area contributed by atoms with Crippen molar-refractivity contribution >= 4 is 20.4 Å². The molecule has 2 N–H and O–H groups in total. The van der Waals surface area contributed by atoms with Gasteiger partial charge in [-0.25, -0.2) is 9.59 Å². The molecule has 0 saturated carbocycles. The lowest BCUT2D eigenvalue weighted by atomic mass is 10.2. The Morgan fingerprint density at radius 1 is 1.20 bits per heavy atom. The first-order valence-corrected chi connectivity index (χ1v) is 9.53. The van der Waals surface area contributed by atoms with Gasteiger partial charge in [-0.2, -0.15) is 5.06 Å². The van der Waals surface area contributed by atoms with E-state index in [9.17, 15) is 9.59 Å². The van der Waals surface area contributed by atoms with E-state index in [1.165, 1.54) is 0 Å². The van der Waals surface area contributed by atoms with Crippen LogP contribution >= 0.6 is 0 Å². The Morgan fingerprint density at radius 3 is 2.15 bits per heavy atom. The van der Waals surface area contributed by atoms with Gasteiger partial charge < -0.3 is 14.7 Å². The molecule has 1 aliphatic heterocycles. The number of carboxylic acids is 1. The Bertz CT molecular complexity index is 394. The SMILES string of the molecule is CC(C)(C)[Si](C)(C)ON1CCN(C(=O)O)C(C(=O)O)C1. The summed E-state index contributed by atoms with van der Waals surface area (Å²) in [4.78, 5) is 23.2. The number of carboxylic acid groups (broad SMARTS) is 2. The van der Waals surface area contributed by atoms with Crippen molar-refractivity contribution in [3.63, 3.8) is 0 Å². The second-order valence-electron chi connectivity index (χ2n) is 6.57. The summed E-state index contributed by atoms with van der Waals surface area (Å²) >= 11 is 0. The Kier molecular flexibility index (Phi) is 4.83. The number of piperazine rings is 1. The lowest BCUT2D eigenvalue weighted by Gasteiger charge is -2.44. The van der Waals surface area contributed by atoms with Crippen LogP contribution in [0, 0.1) is 0 Å². The molecule has 1 heterocycles. The summed E-state index contributed by atoms with van der Waals surface area (Å²) in [5, 5.41) is 19.8. The van der Waals surface area contributed by atoms with E-state index in [1.807, 2.05) is 0 Å². The number of amides is 1. The lowest BCUT2D eigenvalue weighted by Crippen LogP contribution is -2.60. The smallest absolute Gasteiger partial charge is 0.408 e. The summed E-state index contributed by atoms with van der Waals surface area (Å²) < 4.78 is 6.04. The molecule has 8 heteroatoms. The van der Waals surface area contributed by atoms with Crippen LogP contribution < -0.4 is 0 Å². The van der Waals surface area contributed by atoms with Gasteiger partial charge in [0.25, 0.3) is 0 Å². The predicted molar refractivity (Wildman–Crippen MR) is 76.0 cm³/mol. The number of hydroxylamine groups is 2. The summed E-state index contributed by atoms with van der Waals surface area (Å²) in [5.74, 6) is -1.14. The fourth-order valence-corrected chi connectivity index (χ4v) is 2.83. The fraction of sp³-hybridized carbons (Fsp3) is 0.833. The summed E-state index contributed by atoms with van der Waals surface area (Å²) in [6.45, 7) is 11.0. The van der Waals surface area contributed by atoms with E-state index in [-0.39, 0.29) is 18.1 Å². The van der Waals surface area contributed by atoms with Crippen molar-refractivity contribution in [1.29, 1.82) is 0 Å². The molecular weight excluding hydrogens is 280 g/mol. The second-order valence-corrected chi connectivity index (χ2v) is 11.3. The predicted octanol–water partition coefficient (Wildman–Crippen LogP) is 1.67. The van der Waals surface area contributed by atoms with Crippen LogP contribution in [0.3, 0.4) is 0 Å². The highest BCUT2D eigenvalue weighted by molar-refractivity contribution is 6.74. The molecular formula is C12H24N2O5Si. The van der Waals surface area contributed by atoms with Crippen molar-refractivity contribution in [1.82, 2.24) is 9.96 Å². The number of carbonyl (C=O) groups is 2. The normalized spacial score (nSPS) is 21.9. The van der Waals surface area contributed by atoms with E-state index in [2.05, 4.69) is 33.9 Å².